The van der Waals surface area contributed by atoms with E-state index >= 15 is 0 Å². The largest absolute Gasteiger partial charge is 0.481 e. The molecule has 0 spiro atoms. The Balaban J connectivity index is 2.14. The van der Waals surface area contributed by atoms with Gasteiger partial charge in [-0.1, -0.05) is 35.5 Å². The van der Waals surface area contributed by atoms with Gasteiger partial charge in [-0.3, -0.25) is 4.79 Å². The van der Waals surface area contributed by atoms with Gasteiger partial charge in [0.25, 0.3) is 0 Å². The molecule has 1 N–H and O–H groups in total. The minimum atomic E-state index is -0.897. The Bertz CT molecular complexity index is 539. The molecule has 2 aromatic rings. The van der Waals surface area contributed by atoms with Crippen LogP contribution in [0.15, 0.2) is 34.9 Å². The van der Waals surface area contributed by atoms with Crippen molar-refractivity contribution in [1.29, 1.82) is 0 Å². The molecular formula is C13H14N2O4. The molecule has 1 aromatic heterocycles. The number of nitrogens with zero attached hydrogens (tertiary/aromatic N) is 2. The van der Waals surface area contributed by atoms with Crippen molar-refractivity contribution >= 4 is 5.97 Å². The molecule has 6 heteroatoms. The molecule has 0 aliphatic carbocycles. The molecule has 0 aliphatic rings. The van der Waals surface area contributed by atoms with E-state index in [1.807, 2.05) is 30.3 Å². The average molecular weight is 262 g/mol. The maximum atomic E-state index is 10.5. The van der Waals surface area contributed by atoms with E-state index in [0.29, 0.717) is 11.7 Å². The van der Waals surface area contributed by atoms with Crippen molar-refractivity contribution in [2.75, 3.05) is 7.11 Å². The molecule has 0 saturated heterocycles. The second-order valence-corrected chi connectivity index (χ2v) is 3.97. The predicted octanol–water partition coefficient (Wildman–Crippen LogP) is 1.82. The van der Waals surface area contributed by atoms with Gasteiger partial charge in [0.05, 0.1) is 6.42 Å². The maximum absolute atomic E-state index is 10.5. The third-order valence-electron chi connectivity index (χ3n) is 2.61. The van der Waals surface area contributed by atoms with E-state index in [2.05, 4.69) is 10.1 Å². The molecular weight excluding hydrogens is 248 g/mol. The summed E-state index contributed by atoms with van der Waals surface area (Å²) in [6, 6.07) is 9.51. The van der Waals surface area contributed by atoms with Gasteiger partial charge in [-0.15, -0.1) is 0 Å². The van der Waals surface area contributed by atoms with Crippen LogP contribution in [0.4, 0.5) is 0 Å². The van der Waals surface area contributed by atoms with Gasteiger partial charge in [0.15, 0.2) is 0 Å². The fourth-order valence-corrected chi connectivity index (χ4v) is 1.71. The number of hydrogen-bond donors (Lipinski definition) is 1. The topological polar surface area (TPSA) is 85.5 Å². The highest BCUT2D eigenvalue weighted by molar-refractivity contribution is 5.66. The fraction of sp³-hybridized carbons (Fsp3) is 0.308. The number of ether oxygens (including phenoxy) is 1. The third-order valence-corrected chi connectivity index (χ3v) is 2.61. The number of aromatic nitrogens is 2. The van der Waals surface area contributed by atoms with E-state index in [4.69, 9.17) is 14.4 Å². The highest BCUT2D eigenvalue weighted by Crippen LogP contribution is 2.22. The molecule has 0 radical (unpaired) electrons. The third kappa shape index (κ3) is 3.38. The van der Waals surface area contributed by atoms with E-state index < -0.39 is 12.1 Å². The molecule has 100 valence electrons. The fourth-order valence-electron chi connectivity index (χ4n) is 1.71. The molecule has 0 amide bonds. The first-order valence-corrected chi connectivity index (χ1v) is 5.82. The van der Waals surface area contributed by atoms with Gasteiger partial charge in [-0.2, -0.15) is 4.98 Å². The smallest absolute Gasteiger partial charge is 0.303 e. The van der Waals surface area contributed by atoms with Crippen LogP contribution in [-0.4, -0.2) is 28.3 Å². The molecule has 0 bridgehead atoms. The molecule has 1 aromatic carbocycles. The van der Waals surface area contributed by atoms with Crippen LogP contribution in [0.2, 0.25) is 0 Å². The second kappa shape index (κ2) is 6.10. The number of hydrogen-bond acceptors (Lipinski definition) is 5. The quantitative estimate of drug-likeness (QED) is 0.854. The minimum absolute atomic E-state index is 0.0371. The summed E-state index contributed by atoms with van der Waals surface area (Å²) < 4.78 is 10.4. The first-order chi connectivity index (χ1) is 9.20. The van der Waals surface area contributed by atoms with Crippen LogP contribution in [0, 0.1) is 0 Å². The summed E-state index contributed by atoms with van der Waals surface area (Å²) in [5.74, 6) is -0.199. The van der Waals surface area contributed by atoms with Gasteiger partial charge in [-0.05, 0) is 5.56 Å². The Morgan fingerprint density at radius 3 is 2.79 bits per heavy atom. The van der Waals surface area contributed by atoms with Crippen LogP contribution in [0.5, 0.6) is 0 Å². The molecule has 1 unspecified atom stereocenters. The molecule has 2 rings (SSSR count). The van der Waals surface area contributed by atoms with Crippen LogP contribution < -0.4 is 0 Å². The molecule has 19 heavy (non-hydrogen) atoms. The van der Waals surface area contributed by atoms with Gasteiger partial charge in [0.2, 0.25) is 11.7 Å². The minimum Gasteiger partial charge on any atom is -0.481 e. The lowest BCUT2D eigenvalue weighted by atomic mass is 10.1. The summed E-state index contributed by atoms with van der Waals surface area (Å²) in [6.45, 7) is 0. The van der Waals surface area contributed by atoms with Crippen molar-refractivity contribution in [2.45, 2.75) is 18.9 Å². The number of carboxylic acids is 1. The number of aliphatic carboxylic acids is 1. The number of benzene rings is 1. The van der Waals surface area contributed by atoms with E-state index in [1.54, 1.807) is 7.11 Å². The van der Waals surface area contributed by atoms with Crippen molar-refractivity contribution in [3.63, 3.8) is 0 Å². The molecule has 1 heterocycles. The van der Waals surface area contributed by atoms with Gasteiger partial charge in [-0.25, -0.2) is 0 Å². The maximum Gasteiger partial charge on any atom is 0.303 e. The number of carbonyl (C=O) groups is 1. The summed E-state index contributed by atoms with van der Waals surface area (Å²) >= 11 is 0. The van der Waals surface area contributed by atoms with Gasteiger partial charge < -0.3 is 14.4 Å². The summed E-state index contributed by atoms with van der Waals surface area (Å²) in [6.07, 6.45) is -0.235. The van der Waals surface area contributed by atoms with Crippen LogP contribution >= 0.6 is 0 Å². The number of rotatable bonds is 6. The first-order valence-electron chi connectivity index (χ1n) is 5.82. The van der Waals surface area contributed by atoms with E-state index in [0.717, 1.165) is 5.56 Å². The highest BCUT2D eigenvalue weighted by atomic mass is 16.5. The predicted molar refractivity (Wildman–Crippen MR) is 65.5 cm³/mol. The summed E-state index contributed by atoms with van der Waals surface area (Å²) in [5, 5.41) is 12.4. The van der Waals surface area contributed by atoms with Crippen molar-refractivity contribution < 1.29 is 19.2 Å². The van der Waals surface area contributed by atoms with Crippen molar-refractivity contribution in [2.24, 2.45) is 0 Å². The van der Waals surface area contributed by atoms with Gasteiger partial charge >= 0.3 is 5.97 Å². The monoisotopic (exact) mass is 262 g/mol. The molecule has 0 aliphatic heterocycles. The van der Waals surface area contributed by atoms with Crippen LogP contribution in [0.1, 0.15) is 29.8 Å². The molecule has 0 fully saturated rings. The Morgan fingerprint density at radius 2 is 2.16 bits per heavy atom. The molecule has 1 atom stereocenters. The van der Waals surface area contributed by atoms with Crippen LogP contribution in [0.25, 0.3) is 0 Å². The lowest BCUT2D eigenvalue weighted by molar-refractivity contribution is -0.137. The van der Waals surface area contributed by atoms with E-state index in [1.165, 1.54) is 0 Å². The zero-order valence-corrected chi connectivity index (χ0v) is 10.4. The zero-order valence-electron chi connectivity index (χ0n) is 10.4. The Labute approximate surface area is 110 Å². The summed E-state index contributed by atoms with van der Waals surface area (Å²) in [7, 11) is 1.56. The number of aryl methyl sites for hydroxylation is 1. The average Bonchev–Trinajstić information content (AvgIpc) is 2.87. The lowest BCUT2D eigenvalue weighted by Crippen LogP contribution is -2.05. The van der Waals surface area contributed by atoms with E-state index in [9.17, 15) is 4.79 Å². The lowest BCUT2D eigenvalue weighted by Gasteiger charge is -2.10. The van der Waals surface area contributed by atoms with Crippen LogP contribution in [-0.2, 0) is 16.0 Å². The number of methoxy groups -OCH3 is 1. The summed E-state index contributed by atoms with van der Waals surface area (Å²) in [4.78, 5) is 14.6. The molecule has 6 nitrogen and oxygen atoms in total. The van der Waals surface area contributed by atoms with Crippen molar-refractivity contribution in [1.82, 2.24) is 10.1 Å². The summed E-state index contributed by atoms with van der Waals surface area (Å²) in [5.41, 5.74) is 0.913. The van der Waals surface area contributed by atoms with Crippen LogP contribution in [0.3, 0.4) is 0 Å². The van der Waals surface area contributed by atoms with E-state index in [-0.39, 0.29) is 12.8 Å². The first kappa shape index (κ1) is 13.2. The number of carboxylic acid groups (broad SMARTS) is 1. The Hall–Kier alpha value is -2.21. The highest BCUT2D eigenvalue weighted by Gasteiger charge is 2.19. The zero-order chi connectivity index (χ0) is 13.7. The molecule has 0 saturated carbocycles. The van der Waals surface area contributed by atoms with Crippen molar-refractivity contribution in [3.8, 4) is 0 Å². The Kier molecular flexibility index (Phi) is 4.25. The normalized spacial score (nSPS) is 12.3. The SMILES string of the molecule is COC(c1ccccc1)c1noc(CCC(=O)O)n1. The second-order valence-electron chi connectivity index (χ2n) is 3.97. The van der Waals surface area contributed by atoms with Gasteiger partial charge in [0.1, 0.15) is 6.10 Å². The van der Waals surface area contributed by atoms with Crippen molar-refractivity contribution in [3.05, 3.63) is 47.6 Å². The standard InChI is InChI=1S/C13H14N2O4/c1-18-12(9-5-3-2-4-6-9)13-14-10(19-15-13)7-8-11(16)17/h2-6,12H,7-8H2,1H3,(H,16,17). The van der Waals surface area contributed by atoms with Gasteiger partial charge in [0, 0.05) is 13.5 Å². The Morgan fingerprint density at radius 1 is 1.42 bits per heavy atom.